The number of pyridine rings is 1. The first-order chi connectivity index (χ1) is 12.3. The summed E-state index contributed by atoms with van der Waals surface area (Å²) in [5.41, 5.74) is -1.30. The van der Waals surface area contributed by atoms with E-state index in [1.165, 1.54) is 10.7 Å². The lowest BCUT2D eigenvalue weighted by Gasteiger charge is -2.36. The summed E-state index contributed by atoms with van der Waals surface area (Å²) in [7, 11) is 0. The van der Waals surface area contributed by atoms with Crippen LogP contribution < -0.4 is 15.4 Å². The van der Waals surface area contributed by atoms with Gasteiger partial charge in [0.2, 0.25) is 0 Å². The van der Waals surface area contributed by atoms with Gasteiger partial charge in [0.05, 0.1) is 5.56 Å². The van der Waals surface area contributed by atoms with E-state index >= 15 is 0 Å². The number of hydrogen-bond donors (Lipinski definition) is 0. The van der Waals surface area contributed by atoms with Gasteiger partial charge >= 0.3 is 6.18 Å². The number of aromatic nitrogens is 3. The van der Waals surface area contributed by atoms with Crippen molar-refractivity contribution < 1.29 is 17.6 Å². The molecule has 0 bridgehead atoms. The van der Waals surface area contributed by atoms with Crippen molar-refractivity contribution in [2.75, 3.05) is 36.0 Å². The molecule has 0 saturated carbocycles. The zero-order valence-corrected chi connectivity index (χ0v) is 14.0. The molecule has 3 heterocycles. The lowest BCUT2D eigenvalue weighted by atomic mass is 10.2. The summed E-state index contributed by atoms with van der Waals surface area (Å²) in [6, 6.07) is 3.53. The number of alkyl halides is 3. The van der Waals surface area contributed by atoms with Crippen LogP contribution in [0.5, 0.6) is 0 Å². The van der Waals surface area contributed by atoms with Gasteiger partial charge < -0.3 is 9.80 Å². The fraction of sp³-hybridized carbons (Fsp3) is 0.438. The molecule has 3 rings (SSSR count). The zero-order chi connectivity index (χ0) is 18.9. The lowest BCUT2D eigenvalue weighted by molar-refractivity contribution is -0.138. The molecule has 26 heavy (non-hydrogen) atoms. The van der Waals surface area contributed by atoms with E-state index in [0.29, 0.717) is 50.8 Å². The van der Waals surface area contributed by atoms with Gasteiger partial charge in [-0.3, -0.25) is 4.79 Å². The van der Waals surface area contributed by atoms with Gasteiger partial charge in [-0.25, -0.2) is 14.1 Å². The highest BCUT2D eigenvalue weighted by Gasteiger charge is 2.32. The molecule has 1 fully saturated rings. The Bertz CT molecular complexity index is 843. The van der Waals surface area contributed by atoms with E-state index in [-0.39, 0.29) is 11.4 Å². The Morgan fingerprint density at radius 2 is 1.77 bits per heavy atom. The minimum absolute atomic E-state index is 0.0934. The lowest BCUT2D eigenvalue weighted by Crippen LogP contribution is -2.47. The second-order valence-corrected chi connectivity index (χ2v) is 5.85. The monoisotopic (exact) mass is 371 g/mol. The van der Waals surface area contributed by atoms with Crippen molar-refractivity contribution in [3.63, 3.8) is 0 Å². The van der Waals surface area contributed by atoms with Crippen LogP contribution in [0.25, 0.3) is 0 Å². The molecular formula is C16H17F4N5O. The number of piperazine rings is 1. The molecule has 0 radical (unpaired) electrons. The summed E-state index contributed by atoms with van der Waals surface area (Å²) in [5.74, 6) is -0.456. The number of nitrogens with zero attached hydrogens (tertiary/aromatic N) is 5. The molecule has 0 spiro atoms. The summed E-state index contributed by atoms with van der Waals surface area (Å²) in [6.45, 7) is 3.99. The maximum atomic E-state index is 14.1. The van der Waals surface area contributed by atoms with Gasteiger partial charge in [-0.15, -0.1) is 0 Å². The molecule has 0 aromatic carbocycles. The molecule has 0 amide bonds. The summed E-state index contributed by atoms with van der Waals surface area (Å²) < 4.78 is 53.2. The summed E-state index contributed by atoms with van der Waals surface area (Å²) in [6.07, 6.45) is -3.98. The third-order valence-corrected chi connectivity index (χ3v) is 4.20. The van der Waals surface area contributed by atoms with Crippen LogP contribution in [-0.2, 0) is 12.7 Å². The van der Waals surface area contributed by atoms with Crippen molar-refractivity contribution in [3.05, 3.63) is 46.1 Å². The molecule has 1 aliphatic heterocycles. The van der Waals surface area contributed by atoms with Crippen molar-refractivity contribution in [2.24, 2.45) is 0 Å². The maximum Gasteiger partial charge on any atom is 0.417 e. The Hall–Kier alpha value is -2.65. The molecule has 0 unspecified atom stereocenters. The zero-order valence-electron chi connectivity index (χ0n) is 14.0. The number of hydrogen-bond acceptors (Lipinski definition) is 5. The quantitative estimate of drug-likeness (QED) is 0.774. The Kier molecular flexibility index (Phi) is 4.84. The van der Waals surface area contributed by atoms with Crippen LogP contribution in [0.15, 0.2) is 29.2 Å². The fourth-order valence-corrected chi connectivity index (χ4v) is 2.80. The van der Waals surface area contributed by atoms with Crippen molar-refractivity contribution in [1.82, 2.24) is 14.8 Å². The minimum atomic E-state index is -4.63. The van der Waals surface area contributed by atoms with Crippen LogP contribution in [-0.4, -0.2) is 40.9 Å². The van der Waals surface area contributed by atoms with E-state index in [2.05, 4.69) is 10.1 Å². The second kappa shape index (κ2) is 6.93. The van der Waals surface area contributed by atoms with E-state index in [9.17, 15) is 22.4 Å². The normalized spacial score (nSPS) is 15.4. The molecule has 1 saturated heterocycles. The highest BCUT2D eigenvalue weighted by atomic mass is 19.4. The third kappa shape index (κ3) is 3.63. The standard InChI is InChI=1S/C16H17F4N5O/c1-2-25-14(26)4-3-13(22-25)23-5-7-24(8-6-23)15-12(17)9-11(10-21-15)16(18,19)20/h3-4,9-10H,2,5-8H2,1H3. The van der Waals surface area contributed by atoms with Gasteiger partial charge in [-0.1, -0.05) is 0 Å². The van der Waals surface area contributed by atoms with E-state index < -0.39 is 17.6 Å². The predicted molar refractivity (Wildman–Crippen MR) is 87.8 cm³/mol. The van der Waals surface area contributed by atoms with Crippen LogP contribution in [0.2, 0.25) is 0 Å². The molecule has 1 aliphatic rings. The Morgan fingerprint density at radius 1 is 1.12 bits per heavy atom. The van der Waals surface area contributed by atoms with Gasteiger partial charge in [0.25, 0.3) is 5.56 Å². The average molecular weight is 371 g/mol. The summed E-state index contributed by atoms with van der Waals surface area (Å²) >= 11 is 0. The van der Waals surface area contributed by atoms with Crippen molar-refractivity contribution in [3.8, 4) is 0 Å². The summed E-state index contributed by atoms with van der Waals surface area (Å²) in [5, 5.41) is 4.27. The highest BCUT2D eigenvalue weighted by Crippen LogP contribution is 2.31. The van der Waals surface area contributed by atoms with E-state index in [4.69, 9.17) is 0 Å². The number of halogens is 4. The van der Waals surface area contributed by atoms with Gasteiger partial charge in [0, 0.05) is 45.0 Å². The fourth-order valence-electron chi connectivity index (χ4n) is 2.80. The number of rotatable bonds is 3. The van der Waals surface area contributed by atoms with Gasteiger partial charge in [-0.05, 0) is 19.1 Å². The molecule has 140 valence electrons. The molecule has 2 aromatic heterocycles. The molecular weight excluding hydrogens is 354 g/mol. The third-order valence-electron chi connectivity index (χ3n) is 4.20. The first-order valence-corrected chi connectivity index (χ1v) is 8.10. The predicted octanol–water partition coefficient (Wildman–Crippen LogP) is 2.14. The molecule has 10 heteroatoms. The Labute approximate surface area is 146 Å². The topological polar surface area (TPSA) is 54.3 Å². The van der Waals surface area contributed by atoms with Crippen LogP contribution in [0, 0.1) is 5.82 Å². The van der Waals surface area contributed by atoms with E-state index in [1.807, 2.05) is 11.8 Å². The van der Waals surface area contributed by atoms with Gasteiger partial charge in [0.1, 0.15) is 5.82 Å². The highest BCUT2D eigenvalue weighted by molar-refractivity contribution is 5.46. The SMILES string of the molecule is CCn1nc(N2CCN(c3ncc(C(F)(F)F)cc3F)CC2)ccc1=O. The van der Waals surface area contributed by atoms with E-state index in [0.717, 1.165) is 0 Å². The van der Waals surface area contributed by atoms with Crippen LogP contribution >= 0.6 is 0 Å². The van der Waals surface area contributed by atoms with Crippen LogP contribution in [0.4, 0.5) is 29.2 Å². The minimum Gasteiger partial charge on any atom is -0.352 e. The largest absolute Gasteiger partial charge is 0.417 e. The second-order valence-electron chi connectivity index (χ2n) is 5.85. The molecule has 6 nitrogen and oxygen atoms in total. The maximum absolute atomic E-state index is 14.1. The Balaban J connectivity index is 1.72. The van der Waals surface area contributed by atoms with Crippen molar-refractivity contribution in [1.29, 1.82) is 0 Å². The molecule has 0 aliphatic carbocycles. The first kappa shape index (κ1) is 18.2. The van der Waals surface area contributed by atoms with Gasteiger partial charge in [-0.2, -0.15) is 18.3 Å². The van der Waals surface area contributed by atoms with Gasteiger partial charge in [0.15, 0.2) is 11.6 Å². The number of aryl methyl sites for hydroxylation is 1. The summed E-state index contributed by atoms with van der Waals surface area (Å²) in [4.78, 5) is 18.8. The molecule has 0 N–H and O–H groups in total. The Morgan fingerprint density at radius 3 is 2.35 bits per heavy atom. The van der Waals surface area contributed by atoms with E-state index in [1.54, 1.807) is 11.0 Å². The smallest absolute Gasteiger partial charge is 0.352 e. The number of anilines is 2. The molecule has 2 aromatic rings. The molecule has 0 atom stereocenters. The van der Waals surface area contributed by atoms with Crippen molar-refractivity contribution >= 4 is 11.6 Å². The van der Waals surface area contributed by atoms with Crippen molar-refractivity contribution in [2.45, 2.75) is 19.6 Å². The average Bonchev–Trinajstić information content (AvgIpc) is 2.61. The van der Waals surface area contributed by atoms with Crippen LogP contribution in [0.1, 0.15) is 12.5 Å². The first-order valence-electron chi connectivity index (χ1n) is 8.10. The van der Waals surface area contributed by atoms with Crippen LogP contribution in [0.3, 0.4) is 0 Å².